The minimum absolute atomic E-state index is 0.106. The number of thiophene rings is 1. The minimum Gasteiger partial charge on any atom is -0.352 e. The SMILES string of the molecule is CN(C)CCN1C(=S)N[C@@H](c2ccccn2)[C@H]1c1cccs1. The Morgan fingerprint density at radius 2 is 2.18 bits per heavy atom. The van der Waals surface area contributed by atoms with Gasteiger partial charge in [0.05, 0.1) is 17.8 Å². The van der Waals surface area contributed by atoms with E-state index in [1.807, 2.05) is 18.3 Å². The van der Waals surface area contributed by atoms with E-state index in [9.17, 15) is 0 Å². The molecule has 0 aromatic carbocycles. The van der Waals surface area contributed by atoms with Crippen LogP contribution in [-0.2, 0) is 0 Å². The molecule has 1 fully saturated rings. The third-order valence-electron chi connectivity index (χ3n) is 3.82. The first-order valence-corrected chi connectivity index (χ1v) is 8.62. The molecule has 1 saturated heterocycles. The van der Waals surface area contributed by atoms with E-state index >= 15 is 0 Å². The average Bonchev–Trinajstić information content (AvgIpc) is 3.13. The highest BCUT2D eigenvalue weighted by Crippen LogP contribution is 2.39. The first kappa shape index (κ1) is 15.4. The lowest BCUT2D eigenvalue weighted by atomic mass is 10.0. The van der Waals surface area contributed by atoms with Crippen LogP contribution in [0.3, 0.4) is 0 Å². The van der Waals surface area contributed by atoms with Crippen LogP contribution in [0.2, 0.25) is 0 Å². The van der Waals surface area contributed by atoms with E-state index in [0.717, 1.165) is 23.9 Å². The van der Waals surface area contributed by atoms with Crippen molar-refractivity contribution < 1.29 is 0 Å². The van der Waals surface area contributed by atoms with Crippen molar-refractivity contribution in [3.05, 3.63) is 52.5 Å². The zero-order chi connectivity index (χ0) is 15.5. The fraction of sp³-hybridized carbons (Fsp3) is 0.375. The first-order chi connectivity index (χ1) is 10.7. The number of aromatic nitrogens is 1. The molecule has 0 spiro atoms. The van der Waals surface area contributed by atoms with Crippen molar-refractivity contribution in [2.45, 2.75) is 12.1 Å². The Bertz CT molecular complexity index is 612. The van der Waals surface area contributed by atoms with Gasteiger partial charge in [-0.05, 0) is 49.9 Å². The van der Waals surface area contributed by atoms with Gasteiger partial charge in [-0.1, -0.05) is 12.1 Å². The molecule has 1 N–H and O–H groups in total. The van der Waals surface area contributed by atoms with Crippen LogP contribution in [0.15, 0.2) is 41.9 Å². The highest BCUT2D eigenvalue weighted by Gasteiger charge is 2.39. The Morgan fingerprint density at radius 3 is 2.82 bits per heavy atom. The van der Waals surface area contributed by atoms with Crippen molar-refractivity contribution >= 4 is 28.7 Å². The molecule has 0 aliphatic carbocycles. The Kier molecular flexibility index (Phi) is 4.71. The molecule has 2 aromatic heterocycles. The number of pyridine rings is 1. The van der Waals surface area contributed by atoms with Crippen molar-refractivity contribution in [1.82, 2.24) is 20.1 Å². The number of likely N-dealkylation sites (N-methyl/N-ethyl adjacent to an activating group) is 1. The maximum Gasteiger partial charge on any atom is 0.170 e. The second-order valence-corrected chi connectivity index (χ2v) is 7.00. The zero-order valence-electron chi connectivity index (χ0n) is 12.8. The van der Waals surface area contributed by atoms with E-state index in [2.05, 4.69) is 57.8 Å². The molecule has 0 bridgehead atoms. The lowest BCUT2D eigenvalue weighted by molar-refractivity contribution is 0.280. The smallest absolute Gasteiger partial charge is 0.170 e. The lowest BCUT2D eigenvalue weighted by Crippen LogP contribution is -2.35. The summed E-state index contributed by atoms with van der Waals surface area (Å²) in [6, 6.07) is 10.6. The Hall–Kier alpha value is -1.50. The quantitative estimate of drug-likeness (QED) is 0.851. The van der Waals surface area contributed by atoms with Gasteiger partial charge in [-0.3, -0.25) is 4.98 Å². The number of hydrogen-bond acceptors (Lipinski definition) is 4. The highest BCUT2D eigenvalue weighted by molar-refractivity contribution is 7.80. The third-order valence-corrected chi connectivity index (χ3v) is 5.12. The largest absolute Gasteiger partial charge is 0.352 e. The van der Waals surface area contributed by atoms with Gasteiger partial charge in [0.15, 0.2) is 5.11 Å². The van der Waals surface area contributed by atoms with Gasteiger partial charge in [-0.15, -0.1) is 11.3 Å². The number of thiocarbonyl (C=S) groups is 1. The fourth-order valence-corrected chi connectivity index (χ4v) is 3.93. The molecular weight excluding hydrogens is 312 g/mol. The lowest BCUT2D eigenvalue weighted by Gasteiger charge is -2.27. The molecule has 0 saturated carbocycles. The van der Waals surface area contributed by atoms with E-state index in [4.69, 9.17) is 12.2 Å². The second kappa shape index (κ2) is 6.73. The molecule has 116 valence electrons. The van der Waals surface area contributed by atoms with Gasteiger partial charge < -0.3 is 15.1 Å². The molecule has 0 radical (unpaired) electrons. The summed E-state index contributed by atoms with van der Waals surface area (Å²) in [5.41, 5.74) is 1.04. The number of hydrogen-bond donors (Lipinski definition) is 1. The summed E-state index contributed by atoms with van der Waals surface area (Å²) in [4.78, 5) is 10.3. The van der Waals surface area contributed by atoms with E-state index in [1.165, 1.54) is 4.88 Å². The van der Waals surface area contributed by atoms with Crippen LogP contribution in [0.4, 0.5) is 0 Å². The minimum atomic E-state index is 0.106. The van der Waals surface area contributed by atoms with Crippen LogP contribution >= 0.6 is 23.6 Å². The predicted octanol–water partition coefficient (Wildman–Crippen LogP) is 2.68. The maximum atomic E-state index is 5.59. The van der Waals surface area contributed by atoms with Gasteiger partial charge in [-0.2, -0.15) is 0 Å². The summed E-state index contributed by atoms with van der Waals surface area (Å²) in [6.45, 7) is 1.88. The molecule has 1 aliphatic rings. The molecule has 4 nitrogen and oxygen atoms in total. The molecule has 22 heavy (non-hydrogen) atoms. The van der Waals surface area contributed by atoms with Gasteiger partial charge >= 0.3 is 0 Å². The van der Waals surface area contributed by atoms with Gasteiger partial charge in [0.1, 0.15) is 0 Å². The molecular formula is C16H20N4S2. The summed E-state index contributed by atoms with van der Waals surface area (Å²) in [5, 5.41) is 6.40. The fourth-order valence-electron chi connectivity index (χ4n) is 2.72. The van der Waals surface area contributed by atoms with Crippen molar-refractivity contribution in [3.8, 4) is 0 Å². The van der Waals surface area contributed by atoms with Crippen LogP contribution in [0.25, 0.3) is 0 Å². The topological polar surface area (TPSA) is 31.4 Å². The molecule has 0 unspecified atom stereocenters. The molecule has 0 amide bonds. The number of rotatable bonds is 5. The summed E-state index contributed by atoms with van der Waals surface area (Å²) in [6.07, 6.45) is 1.84. The Morgan fingerprint density at radius 1 is 1.32 bits per heavy atom. The Balaban J connectivity index is 1.92. The van der Waals surface area contributed by atoms with Gasteiger partial charge in [-0.25, -0.2) is 0 Å². The zero-order valence-corrected chi connectivity index (χ0v) is 14.4. The van der Waals surface area contributed by atoms with Crippen LogP contribution in [0.5, 0.6) is 0 Å². The van der Waals surface area contributed by atoms with Gasteiger partial charge in [0.25, 0.3) is 0 Å². The van der Waals surface area contributed by atoms with E-state index in [-0.39, 0.29) is 12.1 Å². The maximum absolute atomic E-state index is 5.59. The summed E-state index contributed by atoms with van der Waals surface area (Å²) >= 11 is 7.37. The normalized spacial score (nSPS) is 21.4. The highest BCUT2D eigenvalue weighted by atomic mass is 32.1. The van der Waals surface area contributed by atoms with Crippen molar-refractivity contribution in [2.24, 2.45) is 0 Å². The monoisotopic (exact) mass is 332 g/mol. The van der Waals surface area contributed by atoms with E-state index in [0.29, 0.717) is 0 Å². The standard InChI is InChI=1S/C16H20N4S2/c1-19(2)9-10-20-15(13-7-5-11-22-13)14(18-16(20)21)12-6-3-4-8-17-12/h3-8,11,14-15H,9-10H2,1-2H3,(H,18,21)/t14-,15+/m0/s1. The number of nitrogens with zero attached hydrogens (tertiary/aromatic N) is 3. The second-order valence-electron chi connectivity index (χ2n) is 5.64. The van der Waals surface area contributed by atoms with Gasteiger partial charge in [0, 0.05) is 24.2 Å². The van der Waals surface area contributed by atoms with E-state index in [1.54, 1.807) is 11.3 Å². The van der Waals surface area contributed by atoms with Gasteiger partial charge in [0.2, 0.25) is 0 Å². The molecule has 3 rings (SSSR count). The number of nitrogens with one attached hydrogen (secondary N) is 1. The van der Waals surface area contributed by atoms with Crippen LogP contribution in [0, 0.1) is 0 Å². The predicted molar refractivity (Wildman–Crippen MR) is 95.0 cm³/mol. The van der Waals surface area contributed by atoms with E-state index < -0.39 is 0 Å². The Labute approximate surface area is 140 Å². The summed E-state index contributed by atoms with van der Waals surface area (Å²) in [5.74, 6) is 0. The molecule has 2 atom stereocenters. The third kappa shape index (κ3) is 3.14. The summed E-state index contributed by atoms with van der Waals surface area (Å²) in [7, 11) is 4.17. The average molecular weight is 332 g/mol. The molecule has 3 heterocycles. The molecule has 1 aliphatic heterocycles. The first-order valence-electron chi connectivity index (χ1n) is 7.33. The van der Waals surface area contributed by atoms with Crippen LogP contribution in [-0.4, -0.2) is 47.1 Å². The molecule has 6 heteroatoms. The van der Waals surface area contributed by atoms with Crippen molar-refractivity contribution in [2.75, 3.05) is 27.2 Å². The summed E-state index contributed by atoms with van der Waals surface area (Å²) < 4.78 is 0. The van der Waals surface area contributed by atoms with Crippen LogP contribution in [0.1, 0.15) is 22.7 Å². The van der Waals surface area contributed by atoms with Crippen LogP contribution < -0.4 is 5.32 Å². The molecule has 2 aromatic rings. The van der Waals surface area contributed by atoms with Crippen molar-refractivity contribution in [1.29, 1.82) is 0 Å². The van der Waals surface area contributed by atoms with Crippen molar-refractivity contribution in [3.63, 3.8) is 0 Å².